The van der Waals surface area contributed by atoms with Crippen molar-refractivity contribution < 1.29 is 14.3 Å². The first-order valence-corrected chi connectivity index (χ1v) is 8.70. The highest BCUT2D eigenvalue weighted by molar-refractivity contribution is 5.75. The molecular formula is C18H26FN3O2. The summed E-state index contributed by atoms with van der Waals surface area (Å²) in [6.07, 6.45) is 3.95. The van der Waals surface area contributed by atoms with Crippen LogP contribution >= 0.6 is 0 Å². The topological polar surface area (TPSA) is 64.6 Å². The normalized spacial score (nSPS) is 23.5. The number of benzene rings is 1. The second-order valence-corrected chi connectivity index (χ2v) is 7.21. The van der Waals surface area contributed by atoms with E-state index in [4.69, 9.17) is 0 Å². The monoisotopic (exact) mass is 335 g/mol. The van der Waals surface area contributed by atoms with Gasteiger partial charge in [-0.1, -0.05) is 6.07 Å². The van der Waals surface area contributed by atoms with Gasteiger partial charge in [-0.05, 0) is 56.7 Å². The molecule has 3 rings (SSSR count). The van der Waals surface area contributed by atoms with Crippen molar-refractivity contribution in [2.24, 2.45) is 5.92 Å². The molecule has 2 aliphatic rings. The van der Waals surface area contributed by atoms with Gasteiger partial charge in [-0.15, -0.1) is 0 Å². The van der Waals surface area contributed by atoms with Crippen molar-refractivity contribution in [3.63, 3.8) is 0 Å². The van der Waals surface area contributed by atoms with Gasteiger partial charge in [-0.3, -0.25) is 0 Å². The number of amides is 2. The number of nitrogens with one attached hydrogen (secondary N) is 2. The molecule has 1 aromatic carbocycles. The minimum Gasteiger partial charge on any atom is -0.394 e. The van der Waals surface area contributed by atoms with Gasteiger partial charge >= 0.3 is 6.03 Å². The summed E-state index contributed by atoms with van der Waals surface area (Å²) < 4.78 is 13.4. The number of hydrogen-bond donors (Lipinski definition) is 3. The molecule has 3 N–H and O–H groups in total. The number of aliphatic hydroxyl groups is 1. The molecule has 2 fully saturated rings. The Morgan fingerprint density at radius 1 is 1.42 bits per heavy atom. The summed E-state index contributed by atoms with van der Waals surface area (Å²) in [7, 11) is 0. The first-order chi connectivity index (χ1) is 11.5. The van der Waals surface area contributed by atoms with Crippen LogP contribution in [-0.2, 0) is 0 Å². The highest BCUT2D eigenvalue weighted by Gasteiger charge is 2.42. The Hall–Kier alpha value is -1.82. The zero-order valence-corrected chi connectivity index (χ0v) is 14.1. The molecule has 1 aliphatic carbocycles. The number of rotatable bonds is 5. The van der Waals surface area contributed by atoms with E-state index in [0.29, 0.717) is 12.5 Å². The van der Waals surface area contributed by atoms with E-state index in [1.54, 1.807) is 6.07 Å². The first-order valence-electron chi connectivity index (χ1n) is 8.70. The maximum absolute atomic E-state index is 13.4. The van der Waals surface area contributed by atoms with Crippen molar-refractivity contribution in [1.29, 1.82) is 0 Å². The van der Waals surface area contributed by atoms with E-state index in [-0.39, 0.29) is 24.5 Å². The number of aliphatic hydroxyl groups excluding tert-OH is 1. The molecule has 0 aromatic heterocycles. The van der Waals surface area contributed by atoms with Crippen LogP contribution < -0.4 is 15.5 Å². The quantitative estimate of drug-likeness (QED) is 0.773. The second kappa shape index (κ2) is 6.97. The van der Waals surface area contributed by atoms with Crippen LogP contribution in [0.1, 0.15) is 32.6 Å². The van der Waals surface area contributed by atoms with Crippen molar-refractivity contribution in [3.8, 4) is 0 Å². The average molecular weight is 335 g/mol. The SMILES string of the molecule is CC(CO)(NC(=O)NC1CCCN(c2cccc(F)c2)C1)C1CC1. The Kier molecular flexibility index (Phi) is 4.94. The number of nitrogens with zero attached hydrogens (tertiary/aromatic N) is 1. The van der Waals surface area contributed by atoms with Crippen molar-refractivity contribution in [2.75, 3.05) is 24.6 Å². The summed E-state index contributed by atoms with van der Waals surface area (Å²) in [6.45, 7) is 3.37. The average Bonchev–Trinajstić information content (AvgIpc) is 3.40. The van der Waals surface area contributed by atoms with E-state index < -0.39 is 5.54 Å². The number of anilines is 1. The Balaban J connectivity index is 1.56. The number of hydrogen-bond acceptors (Lipinski definition) is 3. The predicted molar refractivity (Wildman–Crippen MR) is 91.5 cm³/mol. The van der Waals surface area contributed by atoms with Gasteiger partial charge in [0.25, 0.3) is 0 Å². The zero-order valence-electron chi connectivity index (χ0n) is 14.1. The lowest BCUT2D eigenvalue weighted by Crippen LogP contribution is -2.57. The van der Waals surface area contributed by atoms with Crippen molar-refractivity contribution in [2.45, 2.75) is 44.2 Å². The number of carbonyl (C=O) groups is 1. The molecule has 24 heavy (non-hydrogen) atoms. The second-order valence-electron chi connectivity index (χ2n) is 7.21. The molecule has 132 valence electrons. The van der Waals surface area contributed by atoms with Gasteiger partial charge in [0, 0.05) is 24.8 Å². The van der Waals surface area contributed by atoms with Gasteiger partial charge in [0.15, 0.2) is 0 Å². The lowest BCUT2D eigenvalue weighted by molar-refractivity contribution is 0.153. The molecular weight excluding hydrogens is 309 g/mol. The van der Waals surface area contributed by atoms with Crippen LogP contribution in [0.25, 0.3) is 0 Å². The molecule has 0 bridgehead atoms. The summed E-state index contributed by atoms with van der Waals surface area (Å²) in [4.78, 5) is 14.4. The summed E-state index contributed by atoms with van der Waals surface area (Å²) in [6, 6.07) is 6.34. The number of piperidine rings is 1. The van der Waals surface area contributed by atoms with Crippen LogP contribution in [0.15, 0.2) is 24.3 Å². The Labute approximate surface area is 142 Å². The van der Waals surface area contributed by atoms with Crippen molar-refractivity contribution in [3.05, 3.63) is 30.1 Å². The van der Waals surface area contributed by atoms with Crippen molar-refractivity contribution >= 4 is 11.7 Å². The lowest BCUT2D eigenvalue weighted by Gasteiger charge is -2.36. The molecule has 2 unspecified atom stereocenters. The van der Waals surface area contributed by atoms with Crippen LogP contribution in [0.2, 0.25) is 0 Å². The van der Waals surface area contributed by atoms with E-state index >= 15 is 0 Å². The van der Waals surface area contributed by atoms with Crippen LogP contribution in [0.4, 0.5) is 14.9 Å². The van der Waals surface area contributed by atoms with E-state index in [2.05, 4.69) is 15.5 Å². The van der Waals surface area contributed by atoms with Gasteiger partial charge in [0.1, 0.15) is 5.82 Å². The van der Waals surface area contributed by atoms with Crippen molar-refractivity contribution in [1.82, 2.24) is 10.6 Å². The Bertz CT molecular complexity index is 593. The molecule has 1 heterocycles. The lowest BCUT2D eigenvalue weighted by atomic mass is 9.97. The van der Waals surface area contributed by atoms with E-state index in [1.165, 1.54) is 12.1 Å². The highest BCUT2D eigenvalue weighted by atomic mass is 19.1. The molecule has 1 aliphatic heterocycles. The molecule has 0 radical (unpaired) electrons. The molecule has 1 saturated carbocycles. The summed E-state index contributed by atoms with van der Waals surface area (Å²) in [5, 5.41) is 15.5. The van der Waals surface area contributed by atoms with Gasteiger partial charge in [-0.25, -0.2) is 9.18 Å². The Morgan fingerprint density at radius 3 is 2.88 bits per heavy atom. The fourth-order valence-electron chi connectivity index (χ4n) is 3.47. The molecule has 5 nitrogen and oxygen atoms in total. The maximum atomic E-state index is 13.4. The zero-order chi connectivity index (χ0) is 17.2. The fraction of sp³-hybridized carbons (Fsp3) is 0.611. The molecule has 2 atom stereocenters. The minimum atomic E-state index is -0.541. The maximum Gasteiger partial charge on any atom is 0.315 e. The van der Waals surface area contributed by atoms with Crippen LogP contribution in [0.3, 0.4) is 0 Å². The first kappa shape index (κ1) is 17.0. The van der Waals surface area contributed by atoms with E-state index in [0.717, 1.165) is 37.9 Å². The highest BCUT2D eigenvalue weighted by Crippen LogP contribution is 2.39. The smallest absolute Gasteiger partial charge is 0.315 e. The van der Waals surface area contributed by atoms with Gasteiger partial charge in [0.2, 0.25) is 0 Å². The van der Waals surface area contributed by atoms with E-state index in [9.17, 15) is 14.3 Å². The fourth-order valence-corrected chi connectivity index (χ4v) is 3.47. The van der Waals surface area contributed by atoms with Crippen LogP contribution in [0, 0.1) is 11.7 Å². The molecule has 2 amide bonds. The molecule has 1 saturated heterocycles. The third-order valence-corrected chi connectivity index (χ3v) is 5.14. The summed E-state index contributed by atoms with van der Waals surface area (Å²) in [5.74, 6) is 0.117. The van der Waals surface area contributed by atoms with Crippen LogP contribution in [-0.4, -0.2) is 42.4 Å². The van der Waals surface area contributed by atoms with E-state index in [1.807, 2.05) is 13.0 Å². The largest absolute Gasteiger partial charge is 0.394 e. The number of carbonyl (C=O) groups excluding carboxylic acids is 1. The van der Waals surface area contributed by atoms with Gasteiger partial charge in [0.05, 0.1) is 12.1 Å². The molecule has 0 spiro atoms. The molecule has 6 heteroatoms. The van der Waals surface area contributed by atoms with Gasteiger partial charge < -0.3 is 20.6 Å². The minimum absolute atomic E-state index is 0.0177. The van der Waals surface area contributed by atoms with Crippen LogP contribution in [0.5, 0.6) is 0 Å². The van der Waals surface area contributed by atoms with Gasteiger partial charge in [-0.2, -0.15) is 0 Å². The third-order valence-electron chi connectivity index (χ3n) is 5.14. The third kappa shape index (κ3) is 3.98. The number of urea groups is 1. The summed E-state index contributed by atoms with van der Waals surface area (Å²) in [5.41, 5.74) is 0.307. The Morgan fingerprint density at radius 2 is 2.21 bits per heavy atom. The standard InChI is InChI=1S/C18H26FN3O2/c1-18(12-23,13-7-8-13)21-17(24)20-15-5-3-9-22(11-15)16-6-2-4-14(19)10-16/h2,4,6,10,13,15,23H,3,5,7-9,11-12H2,1H3,(H2,20,21,24). The summed E-state index contributed by atoms with van der Waals surface area (Å²) >= 11 is 0. The predicted octanol–water partition coefficient (Wildman–Crippen LogP) is 2.25. The molecule has 1 aromatic rings. The number of halogens is 1.